The maximum Gasteiger partial charge on any atom is 0.227 e. The lowest BCUT2D eigenvalue weighted by Gasteiger charge is -2.17. The SMILES string of the molecule is CCNc1nc(N2CCCC2)nc(C)c1I. The summed E-state index contributed by atoms with van der Waals surface area (Å²) in [5.41, 5.74) is 1.06. The summed E-state index contributed by atoms with van der Waals surface area (Å²) in [6.45, 7) is 7.20. The molecular formula is C11H17IN4. The zero-order valence-electron chi connectivity index (χ0n) is 9.76. The highest BCUT2D eigenvalue weighted by molar-refractivity contribution is 14.1. The highest BCUT2D eigenvalue weighted by Crippen LogP contribution is 2.23. The molecule has 5 heteroatoms. The molecule has 2 rings (SSSR count). The number of aryl methyl sites for hydroxylation is 1. The number of halogens is 1. The van der Waals surface area contributed by atoms with E-state index in [1.165, 1.54) is 12.8 Å². The third-order valence-electron chi connectivity index (χ3n) is 2.74. The molecule has 0 amide bonds. The highest BCUT2D eigenvalue weighted by Gasteiger charge is 2.17. The number of rotatable bonds is 3. The molecule has 1 fully saturated rings. The summed E-state index contributed by atoms with van der Waals surface area (Å²) in [5.74, 6) is 1.85. The molecule has 1 saturated heterocycles. The van der Waals surface area contributed by atoms with Gasteiger partial charge in [0.2, 0.25) is 5.95 Å². The van der Waals surface area contributed by atoms with Crippen molar-refractivity contribution in [2.45, 2.75) is 26.7 Å². The average Bonchev–Trinajstić information content (AvgIpc) is 2.78. The maximum absolute atomic E-state index is 4.60. The van der Waals surface area contributed by atoms with E-state index in [0.29, 0.717) is 0 Å². The second-order valence-electron chi connectivity index (χ2n) is 4.00. The molecule has 1 N–H and O–H groups in total. The van der Waals surface area contributed by atoms with Gasteiger partial charge in [-0.3, -0.25) is 0 Å². The third kappa shape index (κ3) is 2.39. The molecule has 0 aliphatic carbocycles. The highest BCUT2D eigenvalue weighted by atomic mass is 127. The predicted molar refractivity (Wildman–Crippen MR) is 75.1 cm³/mol. The number of anilines is 2. The Morgan fingerprint density at radius 1 is 1.31 bits per heavy atom. The van der Waals surface area contributed by atoms with Crippen molar-refractivity contribution in [2.24, 2.45) is 0 Å². The molecule has 0 unspecified atom stereocenters. The molecule has 1 aromatic rings. The van der Waals surface area contributed by atoms with E-state index in [2.05, 4.69) is 49.7 Å². The molecule has 0 radical (unpaired) electrons. The van der Waals surface area contributed by atoms with Crippen molar-refractivity contribution in [3.63, 3.8) is 0 Å². The monoisotopic (exact) mass is 332 g/mol. The van der Waals surface area contributed by atoms with Gasteiger partial charge in [-0.25, -0.2) is 4.98 Å². The second-order valence-corrected chi connectivity index (χ2v) is 5.07. The van der Waals surface area contributed by atoms with Crippen molar-refractivity contribution in [1.82, 2.24) is 9.97 Å². The van der Waals surface area contributed by atoms with Crippen molar-refractivity contribution in [1.29, 1.82) is 0 Å². The average molecular weight is 332 g/mol. The molecule has 1 aromatic heterocycles. The van der Waals surface area contributed by atoms with Crippen LogP contribution in [0.5, 0.6) is 0 Å². The van der Waals surface area contributed by atoms with Crippen LogP contribution in [0.2, 0.25) is 0 Å². The van der Waals surface area contributed by atoms with Gasteiger partial charge in [-0.05, 0) is 49.3 Å². The Kier molecular flexibility index (Phi) is 3.83. The summed E-state index contributed by atoms with van der Waals surface area (Å²) < 4.78 is 1.13. The molecule has 2 heterocycles. The molecule has 88 valence electrons. The van der Waals surface area contributed by atoms with E-state index < -0.39 is 0 Å². The standard InChI is InChI=1S/C11H17IN4/c1-3-13-10-9(12)8(2)14-11(15-10)16-6-4-5-7-16/h3-7H2,1-2H3,(H,13,14,15). The molecule has 1 aliphatic rings. The molecule has 16 heavy (non-hydrogen) atoms. The van der Waals surface area contributed by atoms with Crippen LogP contribution in [-0.4, -0.2) is 29.6 Å². The molecule has 0 saturated carbocycles. The smallest absolute Gasteiger partial charge is 0.227 e. The van der Waals surface area contributed by atoms with Crippen LogP contribution in [-0.2, 0) is 0 Å². The summed E-state index contributed by atoms with van der Waals surface area (Å²) >= 11 is 2.30. The Morgan fingerprint density at radius 3 is 2.62 bits per heavy atom. The van der Waals surface area contributed by atoms with Crippen LogP contribution in [0.25, 0.3) is 0 Å². The molecule has 0 atom stereocenters. The van der Waals surface area contributed by atoms with Gasteiger partial charge in [-0.1, -0.05) is 0 Å². The lowest BCUT2D eigenvalue weighted by Crippen LogP contribution is -2.22. The fourth-order valence-corrected chi connectivity index (χ4v) is 2.32. The summed E-state index contributed by atoms with van der Waals surface area (Å²) in [4.78, 5) is 11.4. The van der Waals surface area contributed by atoms with Crippen LogP contribution in [0.1, 0.15) is 25.5 Å². The van der Waals surface area contributed by atoms with Crippen LogP contribution in [0, 0.1) is 10.5 Å². The lowest BCUT2D eigenvalue weighted by molar-refractivity contribution is 0.884. The van der Waals surface area contributed by atoms with Gasteiger partial charge in [0.25, 0.3) is 0 Å². The van der Waals surface area contributed by atoms with Gasteiger partial charge < -0.3 is 10.2 Å². The minimum absolute atomic E-state index is 0.881. The zero-order chi connectivity index (χ0) is 11.5. The number of aromatic nitrogens is 2. The number of hydrogen-bond donors (Lipinski definition) is 1. The minimum Gasteiger partial charge on any atom is -0.369 e. The topological polar surface area (TPSA) is 41.1 Å². The van der Waals surface area contributed by atoms with Crippen molar-refractivity contribution in [2.75, 3.05) is 29.9 Å². The van der Waals surface area contributed by atoms with Gasteiger partial charge in [-0.2, -0.15) is 4.98 Å². The van der Waals surface area contributed by atoms with Crippen molar-refractivity contribution in [3.8, 4) is 0 Å². The van der Waals surface area contributed by atoms with Gasteiger partial charge in [-0.15, -0.1) is 0 Å². The van der Waals surface area contributed by atoms with Crippen LogP contribution in [0.3, 0.4) is 0 Å². The van der Waals surface area contributed by atoms with Gasteiger partial charge in [0.05, 0.1) is 9.26 Å². The van der Waals surface area contributed by atoms with Gasteiger partial charge in [0.15, 0.2) is 0 Å². The fourth-order valence-electron chi connectivity index (χ4n) is 1.89. The summed E-state index contributed by atoms with van der Waals surface area (Å²) in [6.07, 6.45) is 2.51. The first kappa shape index (κ1) is 11.9. The maximum atomic E-state index is 4.60. The van der Waals surface area contributed by atoms with Crippen LogP contribution < -0.4 is 10.2 Å². The normalized spacial score (nSPS) is 15.6. The van der Waals surface area contributed by atoms with E-state index in [1.807, 2.05) is 6.92 Å². The quantitative estimate of drug-likeness (QED) is 0.863. The van der Waals surface area contributed by atoms with Gasteiger partial charge in [0, 0.05) is 19.6 Å². The van der Waals surface area contributed by atoms with E-state index in [0.717, 1.165) is 40.7 Å². The van der Waals surface area contributed by atoms with E-state index in [1.54, 1.807) is 0 Å². The largest absolute Gasteiger partial charge is 0.369 e. The fraction of sp³-hybridized carbons (Fsp3) is 0.636. The summed E-state index contributed by atoms with van der Waals surface area (Å²) in [6, 6.07) is 0. The number of hydrogen-bond acceptors (Lipinski definition) is 4. The van der Waals surface area contributed by atoms with Crippen molar-refractivity contribution >= 4 is 34.4 Å². The zero-order valence-corrected chi connectivity index (χ0v) is 11.9. The van der Waals surface area contributed by atoms with E-state index >= 15 is 0 Å². The number of nitrogens with one attached hydrogen (secondary N) is 1. The van der Waals surface area contributed by atoms with Crippen LogP contribution in [0.15, 0.2) is 0 Å². The Hall–Kier alpha value is -0.590. The van der Waals surface area contributed by atoms with Crippen LogP contribution >= 0.6 is 22.6 Å². The lowest BCUT2D eigenvalue weighted by atomic mass is 10.4. The van der Waals surface area contributed by atoms with Gasteiger partial charge >= 0.3 is 0 Å². The molecule has 0 spiro atoms. The third-order valence-corrected chi connectivity index (χ3v) is 4.03. The number of nitrogens with zero attached hydrogens (tertiary/aromatic N) is 3. The van der Waals surface area contributed by atoms with Crippen molar-refractivity contribution < 1.29 is 0 Å². The van der Waals surface area contributed by atoms with E-state index in [9.17, 15) is 0 Å². The first-order valence-electron chi connectivity index (χ1n) is 5.75. The Balaban J connectivity index is 2.31. The van der Waals surface area contributed by atoms with E-state index in [4.69, 9.17) is 0 Å². The molecule has 1 aliphatic heterocycles. The second kappa shape index (κ2) is 5.16. The Morgan fingerprint density at radius 2 is 2.00 bits per heavy atom. The van der Waals surface area contributed by atoms with E-state index in [-0.39, 0.29) is 0 Å². The molecular weight excluding hydrogens is 315 g/mol. The van der Waals surface area contributed by atoms with Crippen molar-refractivity contribution in [3.05, 3.63) is 9.26 Å². The first-order chi connectivity index (χ1) is 7.72. The summed E-state index contributed by atoms with van der Waals surface area (Å²) in [7, 11) is 0. The minimum atomic E-state index is 0.881. The first-order valence-corrected chi connectivity index (χ1v) is 6.83. The summed E-state index contributed by atoms with van der Waals surface area (Å²) in [5, 5.41) is 3.30. The van der Waals surface area contributed by atoms with Crippen LogP contribution in [0.4, 0.5) is 11.8 Å². The van der Waals surface area contributed by atoms with Gasteiger partial charge in [0.1, 0.15) is 5.82 Å². The molecule has 0 bridgehead atoms. The molecule has 0 aromatic carbocycles. The Bertz CT molecular complexity index is 374. The predicted octanol–water partition coefficient (Wildman–Crippen LogP) is 2.42. The Labute approximate surface area is 110 Å². The molecule has 4 nitrogen and oxygen atoms in total.